The zero-order valence-corrected chi connectivity index (χ0v) is 6.98. The predicted molar refractivity (Wildman–Crippen MR) is 42.7 cm³/mol. The van der Waals surface area contributed by atoms with Gasteiger partial charge in [-0.1, -0.05) is 13.8 Å². The average Bonchev–Trinajstić information content (AvgIpc) is 2.59. The minimum Gasteiger partial charge on any atom is -0.327 e. The van der Waals surface area contributed by atoms with Gasteiger partial charge in [0, 0.05) is 6.04 Å². The molecule has 10 heavy (non-hydrogen) atoms. The number of hydrogen-bond donors (Lipinski definition) is 1. The monoisotopic (exact) mass is 139 g/mol. The van der Waals surface area contributed by atoms with E-state index in [0.717, 1.165) is 0 Å². The Labute approximate surface area is 63.0 Å². The second kappa shape index (κ2) is 1.58. The first-order chi connectivity index (χ1) is 4.57. The second-order valence-electron chi connectivity index (χ2n) is 4.83. The maximum atomic E-state index is 6.15. The second-order valence-corrected chi connectivity index (χ2v) is 4.83. The molecule has 0 bridgehead atoms. The largest absolute Gasteiger partial charge is 0.327 e. The molecule has 1 unspecified atom stereocenters. The quantitative estimate of drug-likeness (QED) is 0.545. The highest BCUT2D eigenvalue weighted by Crippen LogP contribution is 2.62. The smallest absolute Gasteiger partial charge is 0.0147 e. The molecular weight excluding hydrogens is 122 g/mol. The van der Waals surface area contributed by atoms with Gasteiger partial charge in [0.2, 0.25) is 0 Å². The maximum absolute atomic E-state index is 6.15. The highest BCUT2D eigenvalue weighted by atomic mass is 14.8. The highest BCUT2D eigenvalue weighted by molar-refractivity contribution is 5.11. The summed E-state index contributed by atoms with van der Waals surface area (Å²) in [7, 11) is 0. The molecule has 2 fully saturated rings. The summed E-state index contributed by atoms with van der Waals surface area (Å²) < 4.78 is 0. The van der Waals surface area contributed by atoms with E-state index in [1.807, 2.05) is 0 Å². The molecule has 0 radical (unpaired) electrons. The van der Waals surface area contributed by atoms with Gasteiger partial charge in [-0.15, -0.1) is 0 Å². The van der Waals surface area contributed by atoms with Gasteiger partial charge in [0.25, 0.3) is 0 Å². The average molecular weight is 139 g/mol. The van der Waals surface area contributed by atoms with E-state index < -0.39 is 0 Å². The van der Waals surface area contributed by atoms with Crippen LogP contribution in [0.1, 0.15) is 39.5 Å². The summed E-state index contributed by atoms with van der Waals surface area (Å²) in [5.41, 5.74) is 7.19. The zero-order chi connectivity index (χ0) is 7.41. The molecule has 1 atom stereocenters. The van der Waals surface area contributed by atoms with E-state index in [2.05, 4.69) is 13.8 Å². The summed E-state index contributed by atoms with van der Waals surface area (Å²) in [6, 6.07) is 0.486. The molecule has 1 spiro atoms. The fourth-order valence-corrected chi connectivity index (χ4v) is 2.43. The summed E-state index contributed by atoms with van der Waals surface area (Å²) in [5.74, 6) is 0. The molecule has 0 heterocycles. The molecule has 1 nitrogen and oxygen atoms in total. The molecule has 2 aliphatic carbocycles. The molecule has 2 N–H and O–H groups in total. The molecule has 0 aliphatic heterocycles. The first-order valence-corrected chi connectivity index (χ1v) is 4.32. The van der Waals surface area contributed by atoms with Crippen LogP contribution in [0.4, 0.5) is 0 Å². The van der Waals surface area contributed by atoms with Gasteiger partial charge in [0.1, 0.15) is 0 Å². The summed E-state index contributed by atoms with van der Waals surface area (Å²) in [4.78, 5) is 0. The predicted octanol–water partition coefficient (Wildman–Crippen LogP) is 1.91. The fourth-order valence-electron chi connectivity index (χ4n) is 2.43. The van der Waals surface area contributed by atoms with Crippen LogP contribution in [-0.4, -0.2) is 6.04 Å². The molecule has 2 aliphatic rings. The Kier molecular flexibility index (Phi) is 1.05. The Morgan fingerprint density at radius 3 is 1.80 bits per heavy atom. The van der Waals surface area contributed by atoms with Gasteiger partial charge in [0.05, 0.1) is 0 Å². The van der Waals surface area contributed by atoms with Crippen molar-refractivity contribution in [3.05, 3.63) is 0 Å². The lowest BCUT2D eigenvalue weighted by Crippen LogP contribution is -2.37. The summed E-state index contributed by atoms with van der Waals surface area (Å²) in [6.07, 6.45) is 5.53. The summed E-state index contributed by atoms with van der Waals surface area (Å²) in [5, 5.41) is 0. The van der Waals surface area contributed by atoms with Gasteiger partial charge in [0.15, 0.2) is 0 Å². The number of rotatable bonds is 0. The molecule has 0 amide bonds. The van der Waals surface area contributed by atoms with E-state index in [-0.39, 0.29) is 0 Å². The molecule has 0 aromatic rings. The number of hydrogen-bond acceptors (Lipinski definition) is 1. The minimum atomic E-state index is 0.427. The Balaban J connectivity index is 2.20. The summed E-state index contributed by atoms with van der Waals surface area (Å²) >= 11 is 0. The van der Waals surface area contributed by atoms with Crippen LogP contribution >= 0.6 is 0 Å². The SMILES string of the molecule is CC1(C)CCC2(CC2)C1N. The van der Waals surface area contributed by atoms with E-state index in [0.29, 0.717) is 16.9 Å². The molecule has 1 heteroatoms. The van der Waals surface area contributed by atoms with Crippen LogP contribution in [0.2, 0.25) is 0 Å². The third-order valence-electron chi connectivity index (χ3n) is 3.66. The van der Waals surface area contributed by atoms with Crippen molar-refractivity contribution < 1.29 is 0 Å². The Bertz CT molecular complexity index is 150. The Morgan fingerprint density at radius 1 is 1.10 bits per heavy atom. The molecule has 58 valence electrons. The highest BCUT2D eigenvalue weighted by Gasteiger charge is 2.57. The van der Waals surface area contributed by atoms with Crippen molar-refractivity contribution in [2.45, 2.75) is 45.6 Å². The fraction of sp³-hybridized carbons (Fsp3) is 1.00. The van der Waals surface area contributed by atoms with Gasteiger partial charge in [-0.25, -0.2) is 0 Å². The zero-order valence-electron chi connectivity index (χ0n) is 6.98. The Morgan fingerprint density at radius 2 is 1.60 bits per heavy atom. The lowest BCUT2D eigenvalue weighted by Gasteiger charge is -2.26. The van der Waals surface area contributed by atoms with Gasteiger partial charge in [-0.2, -0.15) is 0 Å². The molecule has 0 aromatic heterocycles. The van der Waals surface area contributed by atoms with Crippen molar-refractivity contribution in [1.82, 2.24) is 0 Å². The van der Waals surface area contributed by atoms with Crippen LogP contribution in [0.25, 0.3) is 0 Å². The van der Waals surface area contributed by atoms with Crippen LogP contribution in [0.5, 0.6) is 0 Å². The van der Waals surface area contributed by atoms with E-state index in [1.54, 1.807) is 0 Å². The van der Waals surface area contributed by atoms with Crippen LogP contribution in [0, 0.1) is 10.8 Å². The van der Waals surface area contributed by atoms with Crippen LogP contribution < -0.4 is 5.73 Å². The minimum absolute atomic E-state index is 0.427. The standard InChI is InChI=1S/C9H17N/c1-8(2)3-4-9(5-6-9)7(8)10/h7H,3-6,10H2,1-2H3. The lowest BCUT2D eigenvalue weighted by atomic mass is 9.84. The third kappa shape index (κ3) is 0.672. The van der Waals surface area contributed by atoms with Crippen LogP contribution in [-0.2, 0) is 0 Å². The number of nitrogens with two attached hydrogens (primary N) is 1. The van der Waals surface area contributed by atoms with Crippen LogP contribution in [0.15, 0.2) is 0 Å². The lowest BCUT2D eigenvalue weighted by molar-refractivity contribution is 0.291. The molecule has 2 rings (SSSR count). The molecular formula is C9H17N. The topological polar surface area (TPSA) is 26.0 Å². The van der Waals surface area contributed by atoms with Gasteiger partial charge >= 0.3 is 0 Å². The first-order valence-electron chi connectivity index (χ1n) is 4.32. The van der Waals surface area contributed by atoms with Crippen molar-refractivity contribution in [3.8, 4) is 0 Å². The van der Waals surface area contributed by atoms with E-state index in [4.69, 9.17) is 5.73 Å². The van der Waals surface area contributed by atoms with Gasteiger partial charge in [-0.3, -0.25) is 0 Å². The van der Waals surface area contributed by atoms with Crippen molar-refractivity contribution in [2.75, 3.05) is 0 Å². The normalized spacial score (nSPS) is 40.5. The Hall–Kier alpha value is -0.0400. The van der Waals surface area contributed by atoms with E-state index in [9.17, 15) is 0 Å². The van der Waals surface area contributed by atoms with E-state index >= 15 is 0 Å². The summed E-state index contributed by atoms with van der Waals surface area (Å²) in [6.45, 7) is 4.62. The third-order valence-corrected chi connectivity index (χ3v) is 3.66. The molecule has 2 saturated carbocycles. The van der Waals surface area contributed by atoms with E-state index in [1.165, 1.54) is 25.7 Å². The van der Waals surface area contributed by atoms with Crippen molar-refractivity contribution in [2.24, 2.45) is 16.6 Å². The van der Waals surface area contributed by atoms with Gasteiger partial charge < -0.3 is 5.73 Å². The van der Waals surface area contributed by atoms with Crippen LogP contribution in [0.3, 0.4) is 0 Å². The maximum Gasteiger partial charge on any atom is 0.0147 e. The van der Waals surface area contributed by atoms with Crippen molar-refractivity contribution in [3.63, 3.8) is 0 Å². The van der Waals surface area contributed by atoms with Crippen molar-refractivity contribution >= 4 is 0 Å². The van der Waals surface area contributed by atoms with Crippen molar-refractivity contribution in [1.29, 1.82) is 0 Å². The molecule has 0 saturated heterocycles. The first kappa shape index (κ1) is 6.66. The van der Waals surface area contributed by atoms with Gasteiger partial charge in [-0.05, 0) is 36.5 Å². The molecule has 0 aromatic carbocycles.